The van der Waals surface area contributed by atoms with Crippen molar-refractivity contribution in [2.45, 2.75) is 46.5 Å². The van der Waals surface area contributed by atoms with Crippen molar-refractivity contribution in [2.75, 3.05) is 21.3 Å². The minimum Gasteiger partial charge on any atom is -0.496 e. The molecule has 0 fully saturated rings. The molecule has 0 aliphatic carbocycles. The molecule has 180 valence electrons. The van der Waals surface area contributed by atoms with Crippen molar-refractivity contribution in [3.8, 4) is 28.4 Å². The Morgan fingerprint density at radius 1 is 0.912 bits per heavy atom. The number of aryl methyl sites for hydroxylation is 1. The largest absolute Gasteiger partial charge is 0.496 e. The van der Waals surface area contributed by atoms with Crippen LogP contribution in [0.4, 0.5) is 0 Å². The van der Waals surface area contributed by atoms with Gasteiger partial charge in [-0.1, -0.05) is 35.4 Å². The van der Waals surface area contributed by atoms with Crippen molar-refractivity contribution in [2.24, 2.45) is 0 Å². The van der Waals surface area contributed by atoms with Crippen molar-refractivity contribution in [3.05, 3.63) is 75.7 Å². The monoisotopic (exact) mass is 462 g/mol. The minimum atomic E-state index is -0.162. The van der Waals surface area contributed by atoms with Crippen LogP contribution in [0.25, 0.3) is 22.1 Å². The van der Waals surface area contributed by atoms with Gasteiger partial charge in [-0.05, 0) is 63.6 Å². The van der Waals surface area contributed by atoms with Crippen LogP contribution in [-0.4, -0.2) is 21.3 Å². The number of benzene rings is 2. The van der Waals surface area contributed by atoms with Gasteiger partial charge in [-0.15, -0.1) is 0 Å². The quantitative estimate of drug-likeness (QED) is 0.301. The van der Waals surface area contributed by atoms with E-state index in [1.807, 2.05) is 18.2 Å². The van der Waals surface area contributed by atoms with Gasteiger partial charge in [-0.25, -0.2) is 0 Å². The zero-order valence-electron chi connectivity index (χ0n) is 21.0. The van der Waals surface area contributed by atoms with E-state index in [4.69, 9.17) is 18.6 Å². The fourth-order valence-electron chi connectivity index (χ4n) is 3.95. The van der Waals surface area contributed by atoms with Crippen molar-refractivity contribution in [1.82, 2.24) is 0 Å². The Kier molecular flexibility index (Phi) is 8.58. The lowest BCUT2D eigenvalue weighted by Crippen LogP contribution is -2.07. The van der Waals surface area contributed by atoms with Gasteiger partial charge in [-0.2, -0.15) is 0 Å². The highest BCUT2D eigenvalue weighted by Crippen LogP contribution is 2.32. The summed E-state index contributed by atoms with van der Waals surface area (Å²) in [6, 6.07) is 9.23. The summed E-state index contributed by atoms with van der Waals surface area (Å²) in [5, 5.41) is 0.387. The van der Waals surface area contributed by atoms with Crippen LogP contribution < -0.4 is 19.6 Å². The summed E-state index contributed by atoms with van der Waals surface area (Å²) >= 11 is 0. The number of allylic oxidation sites excluding steroid dienone is 4. The molecule has 0 unspecified atom stereocenters. The third-order valence-corrected chi connectivity index (χ3v) is 5.87. The van der Waals surface area contributed by atoms with Gasteiger partial charge in [-0.3, -0.25) is 4.79 Å². The molecule has 0 N–H and O–H groups in total. The van der Waals surface area contributed by atoms with E-state index < -0.39 is 0 Å². The van der Waals surface area contributed by atoms with Crippen molar-refractivity contribution >= 4 is 11.0 Å². The third-order valence-electron chi connectivity index (χ3n) is 5.87. The van der Waals surface area contributed by atoms with E-state index in [9.17, 15) is 4.79 Å². The van der Waals surface area contributed by atoms with Crippen LogP contribution in [0.2, 0.25) is 0 Å². The van der Waals surface area contributed by atoms with Crippen LogP contribution in [0.3, 0.4) is 0 Å². The summed E-state index contributed by atoms with van der Waals surface area (Å²) in [5.74, 6) is 1.74. The molecule has 0 atom stereocenters. The molecule has 3 aromatic rings. The molecule has 0 aliphatic rings. The second-order valence-electron chi connectivity index (χ2n) is 8.62. The molecule has 2 aromatic carbocycles. The van der Waals surface area contributed by atoms with Crippen LogP contribution in [0.5, 0.6) is 17.2 Å². The summed E-state index contributed by atoms with van der Waals surface area (Å²) in [5.41, 5.74) is 5.31. The maximum absolute atomic E-state index is 13.3. The Labute approximate surface area is 201 Å². The Morgan fingerprint density at radius 2 is 1.68 bits per heavy atom. The van der Waals surface area contributed by atoms with Crippen LogP contribution in [0.15, 0.2) is 69.1 Å². The Bertz CT molecular complexity index is 1260. The molecule has 1 aromatic heterocycles. The zero-order chi connectivity index (χ0) is 24.7. The van der Waals surface area contributed by atoms with Crippen molar-refractivity contribution in [1.29, 1.82) is 0 Å². The molecule has 0 aliphatic heterocycles. The first-order valence-electron chi connectivity index (χ1n) is 11.5. The Balaban J connectivity index is 1.86. The van der Waals surface area contributed by atoms with Gasteiger partial charge in [0.25, 0.3) is 0 Å². The lowest BCUT2D eigenvalue weighted by atomic mass is 10.00. The number of ether oxygens (including phenoxy) is 3. The van der Waals surface area contributed by atoms with E-state index in [-0.39, 0.29) is 5.43 Å². The van der Waals surface area contributed by atoms with Gasteiger partial charge in [0.05, 0.1) is 26.9 Å². The van der Waals surface area contributed by atoms with E-state index >= 15 is 0 Å². The van der Waals surface area contributed by atoms with Crippen molar-refractivity contribution in [3.63, 3.8) is 0 Å². The molecule has 5 nitrogen and oxygen atoms in total. The fourth-order valence-corrected chi connectivity index (χ4v) is 3.95. The first kappa shape index (κ1) is 25.2. The minimum absolute atomic E-state index is 0.162. The predicted molar refractivity (Wildman–Crippen MR) is 138 cm³/mol. The molecule has 0 saturated heterocycles. The van der Waals surface area contributed by atoms with E-state index in [0.29, 0.717) is 28.0 Å². The van der Waals surface area contributed by atoms with E-state index in [1.54, 1.807) is 26.4 Å². The molecule has 0 bridgehead atoms. The van der Waals surface area contributed by atoms with Gasteiger partial charge in [0.2, 0.25) is 5.43 Å². The van der Waals surface area contributed by atoms with Crippen LogP contribution in [0, 0.1) is 0 Å². The molecule has 0 radical (unpaired) electrons. The fraction of sp³-hybridized carbons (Fsp3) is 0.345. The smallest absolute Gasteiger partial charge is 0.204 e. The topological polar surface area (TPSA) is 57.9 Å². The van der Waals surface area contributed by atoms with Gasteiger partial charge < -0.3 is 18.6 Å². The van der Waals surface area contributed by atoms with E-state index in [0.717, 1.165) is 42.6 Å². The molecule has 3 rings (SSSR count). The zero-order valence-corrected chi connectivity index (χ0v) is 21.0. The van der Waals surface area contributed by atoms with Gasteiger partial charge in [0.15, 0.2) is 0 Å². The van der Waals surface area contributed by atoms with Gasteiger partial charge >= 0.3 is 0 Å². The van der Waals surface area contributed by atoms with Crippen LogP contribution in [-0.2, 0) is 6.42 Å². The number of hydrogen-bond donors (Lipinski definition) is 0. The molecule has 0 spiro atoms. The number of hydrogen-bond acceptors (Lipinski definition) is 5. The molecule has 5 heteroatoms. The average molecular weight is 463 g/mol. The van der Waals surface area contributed by atoms with Crippen LogP contribution in [0.1, 0.15) is 45.6 Å². The summed E-state index contributed by atoms with van der Waals surface area (Å²) in [6.45, 7) is 6.44. The summed E-state index contributed by atoms with van der Waals surface area (Å²) < 4.78 is 22.2. The predicted octanol–water partition coefficient (Wildman–Crippen LogP) is 7.11. The second-order valence-corrected chi connectivity index (χ2v) is 8.62. The Hall–Kier alpha value is -3.47. The SMILES string of the molecule is COc1cc(OC)c2c(=O)c(-c3ccc(CC/C=C(\C)CCC=C(C)C)c(OC)c3)coc2c1. The molecule has 34 heavy (non-hydrogen) atoms. The summed E-state index contributed by atoms with van der Waals surface area (Å²) in [6.07, 6.45) is 10.0. The second kappa shape index (κ2) is 11.6. The van der Waals surface area contributed by atoms with Crippen molar-refractivity contribution < 1.29 is 18.6 Å². The standard InChI is InChI=1S/C29H34O5/c1-19(2)9-7-10-20(3)11-8-12-21-13-14-22(15-25(21)32-5)24-18-34-27-17-23(31-4)16-26(33-6)28(27)29(24)30/h9,11,13-18H,7-8,10,12H2,1-6H3/b20-11+. The first-order chi connectivity index (χ1) is 16.4. The highest BCUT2D eigenvalue weighted by Gasteiger charge is 2.16. The number of rotatable bonds is 10. The van der Waals surface area contributed by atoms with Gasteiger partial charge in [0, 0.05) is 12.1 Å². The highest BCUT2D eigenvalue weighted by atomic mass is 16.5. The highest BCUT2D eigenvalue weighted by molar-refractivity contribution is 5.88. The molecular weight excluding hydrogens is 428 g/mol. The van der Waals surface area contributed by atoms with Crippen LogP contribution >= 0.6 is 0 Å². The first-order valence-corrected chi connectivity index (χ1v) is 11.5. The molecule has 0 saturated carbocycles. The Morgan fingerprint density at radius 3 is 2.35 bits per heavy atom. The molecule has 0 amide bonds. The maximum atomic E-state index is 13.3. The van der Waals surface area contributed by atoms with Gasteiger partial charge in [0.1, 0.15) is 34.5 Å². The third kappa shape index (κ3) is 5.90. The average Bonchev–Trinajstić information content (AvgIpc) is 2.83. The maximum Gasteiger partial charge on any atom is 0.204 e. The van der Waals surface area contributed by atoms with E-state index in [2.05, 4.69) is 32.9 Å². The lowest BCUT2D eigenvalue weighted by molar-refractivity contribution is 0.396. The van der Waals surface area contributed by atoms with E-state index in [1.165, 1.54) is 24.5 Å². The molecular formula is C29H34O5. The molecule has 1 heterocycles. The summed E-state index contributed by atoms with van der Waals surface area (Å²) in [7, 11) is 4.74. The number of methoxy groups -OCH3 is 3. The summed E-state index contributed by atoms with van der Waals surface area (Å²) in [4.78, 5) is 13.3. The lowest BCUT2D eigenvalue weighted by Gasteiger charge is -2.12. The number of fused-ring (bicyclic) bond motifs is 1. The normalized spacial score (nSPS) is 11.4.